The van der Waals surface area contributed by atoms with Gasteiger partial charge >= 0.3 is 0 Å². The summed E-state index contributed by atoms with van der Waals surface area (Å²) in [7, 11) is 0. The average molecular weight is 193 g/mol. The number of phenolic OH excluding ortho intramolecular Hbond substituents is 1. The molecule has 1 heterocycles. The zero-order chi connectivity index (χ0) is 10.2. The molecule has 3 nitrogen and oxygen atoms in total. The van der Waals surface area contributed by atoms with Crippen LogP contribution in [0.5, 0.6) is 11.5 Å². The highest BCUT2D eigenvalue weighted by Gasteiger charge is 2.31. The SMILES string of the molecule is CC1(CN)COc2cccc(O)c2C1. The Bertz CT molecular complexity index is 351. The molecular weight excluding hydrogens is 178 g/mol. The number of phenols is 1. The van der Waals surface area contributed by atoms with Gasteiger partial charge in [-0.25, -0.2) is 0 Å². The standard InChI is InChI=1S/C11H15NO2/c1-11(6-12)5-8-9(13)3-2-4-10(8)14-7-11/h2-4,13H,5-7,12H2,1H3. The zero-order valence-corrected chi connectivity index (χ0v) is 8.29. The van der Waals surface area contributed by atoms with E-state index in [-0.39, 0.29) is 5.41 Å². The molecule has 0 amide bonds. The van der Waals surface area contributed by atoms with E-state index in [4.69, 9.17) is 10.5 Å². The Morgan fingerprint density at radius 1 is 1.57 bits per heavy atom. The molecule has 14 heavy (non-hydrogen) atoms. The van der Waals surface area contributed by atoms with Gasteiger partial charge in [0.2, 0.25) is 0 Å². The molecule has 76 valence electrons. The summed E-state index contributed by atoms with van der Waals surface area (Å²) in [4.78, 5) is 0. The van der Waals surface area contributed by atoms with Crippen LogP contribution in [0.15, 0.2) is 18.2 Å². The van der Waals surface area contributed by atoms with Crippen LogP contribution < -0.4 is 10.5 Å². The maximum Gasteiger partial charge on any atom is 0.126 e. The highest BCUT2D eigenvalue weighted by atomic mass is 16.5. The minimum atomic E-state index is -0.0498. The molecule has 1 aliphatic heterocycles. The van der Waals surface area contributed by atoms with Crippen molar-refractivity contribution in [3.05, 3.63) is 23.8 Å². The fourth-order valence-electron chi connectivity index (χ4n) is 1.73. The maximum atomic E-state index is 9.66. The molecule has 1 aromatic carbocycles. The summed E-state index contributed by atoms with van der Waals surface area (Å²) >= 11 is 0. The molecule has 0 bridgehead atoms. The molecule has 0 radical (unpaired) electrons. The third-order valence-corrected chi connectivity index (χ3v) is 2.78. The summed E-state index contributed by atoms with van der Waals surface area (Å²) < 4.78 is 5.57. The number of hydrogen-bond donors (Lipinski definition) is 2. The summed E-state index contributed by atoms with van der Waals surface area (Å²) in [6.45, 7) is 3.27. The van der Waals surface area contributed by atoms with Crippen LogP contribution in [0.2, 0.25) is 0 Å². The predicted molar refractivity (Wildman–Crippen MR) is 54.5 cm³/mol. The van der Waals surface area contributed by atoms with E-state index in [1.54, 1.807) is 12.1 Å². The van der Waals surface area contributed by atoms with Gasteiger partial charge in [-0.3, -0.25) is 0 Å². The Labute approximate surface area is 83.5 Å². The van der Waals surface area contributed by atoms with Crippen molar-refractivity contribution in [3.8, 4) is 11.5 Å². The molecule has 0 fully saturated rings. The molecule has 1 aromatic rings. The summed E-state index contributed by atoms with van der Waals surface area (Å²) in [5.41, 5.74) is 6.51. The first kappa shape index (κ1) is 9.34. The number of ether oxygens (including phenoxy) is 1. The first-order chi connectivity index (χ1) is 6.64. The third kappa shape index (κ3) is 1.44. The Hall–Kier alpha value is -1.22. The van der Waals surface area contributed by atoms with E-state index in [1.807, 2.05) is 6.07 Å². The summed E-state index contributed by atoms with van der Waals surface area (Å²) in [6.07, 6.45) is 0.783. The lowest BCUT2D eigenvalue weighted by molar-refractivity contribution is 0.142. The van der Waals surface area contributed by atoms with E-state index in [2.05, 4.69) is 6.92 Å². The van der Waals surface area contributed by atoms with Crippen molar-refractivity contribution in [3.63, 3.8) is 0 Å². The second-order valence-corrected chi connectivity index (χ2v) is 4.23. The van der Waals surface area contributed by atoms with Crippen molar-refractivity contribution in [1.82, 2.24) is 0 Å². The Balaban J connectivity index is 2.38. The molecule has 3 heteroatoms. The van der Waals surface area contributed by atoms with Gasteiger partial charge in [0.1, 0.15) is 11.5 Å². The lowest BCUT2D eigenvalue weighted by Gasteiger charge is -2.33. The molecule has 0 aromatic heterocycles. The van der Waals surface area contributed by atoms with Crippen molar-refractivity contribution in [2.45, 2.75) is 13.3 Å². The molecule has 0 spiro atoms. The van der Waals surface area contributed by atoms with Gasteiger partial charge in [-0.2, -0.15) is 0 Å². The van der Waals surface area contributed by atoms with Gasteiger partial charge in [0, 0.05) is 17.5 Å². The van der Waals surface area contributed by atoms with Crippen molar-refractivity contribution in [1.29, 1.82) is 0 Å². The summed E-state index contributed by atoms with van der Waals surface area (Å²) in [5.74, 6) is 1.10. The normalized spacial score (nSPS) is 25.3. The van der Waals surface area contributed by atoms with Crippen molar-refractivity contribution in [2.75, 3.05) is 13.2 Å². The summed E-state index contributed by atoms with van der Waals surface area (Å²) in [5, 5.41) is 9.66. The average Bonchev–Trinajstić information content (AvgIpc) is 2.20. The van der Waals surface area contributed by atoms with E-state index in [0.717, 1.165) is 17.7 Å². The van der Waals surface area contributed by atoms with E-state index in [9.17, 15) is 5.11 Å². The van der Waals surface area contributed by atoms with Crippen LogP contribution in [0.4, 0.5) is 0 Å². The molecule has 0 aliphatic carbocycles. The fourth-order valence-corrected chi connectivity index (χ4v) is 1.73. The van der Waals surface area contributed by atoms with Gasteiger partial charge in [0.05, 0.1) is 6.61 Å². The van der Waals surface area contributed by atoms with Crippen LogP contribution in [0.1, 0.15) is 12.5 Å². The zero-order valence-electron chi connectivity index (χ0n) is 8.29. The number of aromatic hydroxyl groups is 1. The molecule has 1 atom stereocenters. The first-order valence-corrected chi connectivity index (χ1v) is 4.78. The van der Waals surface area contributed by atoms with Gasteiger partial charge in [0.25, 0.3) is 0 Å². The van der Waals surface area contributed by atoms with Crippen LogP contribution in [0, 0.1) is 5.41 Å². The summed E-state index contributed by atoms with van der Waals surface area (Å²) in [6, 6.07) is 5.36. The van der Waals surface area contributed by atoms with Crippen molar-refractivity contribution >= 4 is 0 Å². The topological polar surface area (TPSA) is 55.5 Å². The molecule has 2 rings (SSSR count). The molecule has 3 N–H and O–H groups in total. The minimum absolute atomic E-state index is 0.0498. The van der Waals surface area contributed by atoms with Crippen LogP contribution >= 0.6 is 0 Å². The monoisotopic (exact) mass is 193 g/mol. The van der Waals surface area contributed by atoms with Crippen molar-refractivity contribution in [2.24, 2.45) is 11.1 Å². The van der Waals surface area contributed by atoms with E-state index >= 15 is 0 Å². The van der Waals surface area contributed by atoms with Crippen LogP contribution in [0.3, 0.4) is 0 Å². The lowest BCUT2D eigenvalue weighted by Crippen LogP contribution is -2.38. The van der Waals surface area contributed by atoms with Gasteiger partial charge in [-0.1, -0.05) is 13.0 Å². The first-order valence-electron chi connectivity index (χ1n) is 4.78. The largest absolute Gasteiger partial charge is 0.508 e. The minimum Gasteiger partial charge on any atom is -0.508 e. The fraction of sp³-hybridized carbons (Fsp3) is 0.455. The molecule has 1 unspecified atom stereocenters. The van der Waals surface area contributed by atoms with Crippen LogP contribution in [0.25, 0.3) is 0 Å². The van der Waals surface area contributed by atoms with Gasteiger partial charge in [0.15, 0.2) is 0 Å². The van der Waals surface area contributed by atoms with Crippen LogP contribution in [-0.2, 0) is 6.42 Å². The predicted octanol–water partition coefficient (Wildman–Crippen LogP) is 1.29. The smallest absolute Gasteiger partial charge is 0.126 e. The molecule has 1 aliphatic rings. The maximum absolute atomic E-state index is 9.66. The molecule has 0 saturated heterocycles. The number of nitrogens with two attached hydrogens (primary N) is 1. The Kier molecular flexibility index (Phi) is 2.11. The highest BCUT2D eigenvalue weighted by molar-refractivity contribution is 5.45. The molecule has 0 saturated carbocycles. The van der Waals surface area contributed by atoms with Gasteiger partial charge in [-0.15, -0.1) is 0 Å². The third-order valence-electron chi connectivity index (χ3n) is 2.78. The Morgan fingerprint density at radius 3 is 3.07 bits per heavy atom. The second kappa shape index (κ2) is 3.17. The van der Waals surface area contributed by atoms with Crippen molar-refractivity contribution < 1.29 is 9.84 Å². The number of hydrogen-bond acceptors (Lipinski definition) is 3. The quantitative estimate of drug-likeness (QED) is 0.706. The van der Waals surface area contributed by atoms with Gasteiger partial charge < -0.3 is 15.6 Å². The number of fused-ring (bicyclic) bond motifs is 1. The van der Waals surface area contributed by atoms with E-state index in [1.165, 1.54) is 0 Å². The van der Waals surface area contributed by atoms with E-state index < -0.39 is 0 Å². The van der Waals surface area contributed by atoms with Gasteiger partial charge in [-0.05, 0) is 18.6 Å². The Morgan fingerprint density at radius 2 is 2.36 bits per heavy atom. The second-order valence-electron chi connectivity index (χ2n) is 4.23. The molecular formula is C11H15NO2. The number of benzene rings is 1. The number of rotatable bonds is 1. The van der Waals surface area contributed by atoms with E-state index in [0.29, 0.717) is 18.9 Å². The van der Waals surface area contributed by atoms with Crippen LogP contribution in [-0.4, -0.2) is 18.3 Å². The lowest BCUT2D eigenvalue weighted by atomic mass is 9.82. The highest BCUT2D eigenvalue weighted by Crippen LogP contribution is 2.38.